The van der Waals surface area contributed by atoms with Crippen molar-refractivity contribution < 1.29 is 9.21 Å². The number of nitrogens with one attached hydrogen (secondary N) is 2. The Morgan fingerprint density at radius 3 is 3.12 bits per heavy atom. The summed E-state index contributed by atoms with van der Waals surface area (Å²) in [6.45, 7) is 2.22. The van der Waals surface area contributed by atoms with Crippen LogP contribution >= 0.6 is 23.6 Å². The van der Waals surface area contributed by atoms with Gasteiger partial charge in [-0.25, -0.2) is 0 Å². The molecule has 2 N–H and O–H groups in total. The number of rotatable bonds is 3. The van der Waals surface area contributed by atoms with Crippen LogP contribution < -0.4 is 10.6 Å². The summed E-state index contributed by atoms with van der Waals surface area (Å²) in [5.74, 6) is 0.854. The fourth-order valence-corrected chi connectivity index (χ4v) is 4.42. The van der Waals surface area contributed by atoms with E-state index in [2.05, 4.69) is 23.6 Å². The van der Waals surface area contributed by atoms with E-state index in [-0.39, 0.29) is 11.0 Å². The molecule has 1 unspecified atom stereocenters. The molecule has 0 spiro atoms. The third-order valence-corrected chi connectivity index (χ3v) is 5.40. The molecule has 5 nitrogen and oxygen atoms in total. The van der Waals surface area contributed by atoms with E-state index in [0.717, 1.165) is 24.8 Å². The Morgan fingerprint density at radius 2 is 2.40 bits per heavy atom. The second-order valence-corrected chi connectivity index (χ2v) is 7.47. The molecule has 0 radical (unpaired) electrons. The zero-order valence-corrected chi connectivity index (χ0v) is 15.3. The first-order chi connectivity index (χ1) is 12.1. The van der Waals surface area contributed by atoms with E-state index in [1.807, 2.05) is 0 Å². The van der Waals surface area contributed by atoms with Crippen molar-refractivity contribution in [2.45, 2.75) is 26.2 Å². The zero-order valence-electron chi connectivity index (χ0n) is 13.7. The van der Waals surface area contributed by atoms with Gasteiger partial charge in [0.1, 0.15) is 16.8 Å². The average molecular weight is 371 g/mol. The quantitative estimate of drug-likeness (QED) is 0.633. The first-order valence-electron chi connectivity index (χ1n) is 7.95. The van der Waals surface area contributed by atoms with E-state index in [0.29, 0.717) is 22.2 Å². The van der Waals surface area contributed by atoms with E-state index < -0.39 is 0 Å². The lowest BCUT2D eigenvalue weighted by Gasteiger charge is -2.17. The number of anilines is 1. The van der Waals surface area contributed by atoms with E-state index in [1.54, 1.807) is 29.5 Å². The predicted octanol–water partition coefficient (Wildman–Crippen LogP) is 3.86. The Balaban J connectivity index is 1.65. The van der Waals surface area contributed by atoms with Crippen LogP contribution in [0.25, 0.3) is 6.08 Å². The van der Waals surface area contributed by atoms with Crippen molar-refractivity contribution in [2.75, 3.05) is 5.32 Å². The lowest BCUT2D eigenvalue weighted by atomic mass is 9.89. The van der Waals surface area contributed by atoms with Crippen LogP contribution in [0.1, 0.15) is 35.1 Å². The molecule has 7 heteroatoms. The van der Waals surface area contributed by atoms with E-state index in [9.17, 15) is 10.1 Å². The zero-order chi connectivity index (χ0) is 17.8. The Bertz CT molecular complexity index is 860. The van der Waals surface area contributed by atoms with Gasteiger partial charge in [-0.3, -0.25) is 10.1 Å². The molecular formula is C18H17N3O2S2. The number of thiophene rings is 1. The maximum absolute atomic E-state index is 11.9. The molecule has 25 heavy (non-hydrogen) atoms. The van der Waals surface area contributed by atoms with Crippen molar-refractivity contribution in [3.63, 3.8) is 0 Å². The second kappa shape index (κ2) is 7.64. The molecule has 0 aliphatic heterocycles. The SMILES string of the molecule is CC1CCc2c(sc(NC(=S)NC(=O)/C=C/c3ccco3)c2C#N)C1. The predicted molar refractivity (Wildman–Crippen MR) is 102 cm³/mol. The highest BCUT2D eigenvalue weighted by molar-refractivity contribution is 7.80. The Kier molecular flexibility index (Phi) is 5.31. The summed E-state index contributed by atoms with van der Waals surface area (Å²) in [5.41, 5.74) is 1.77. The fourth-order valence-electron chi connectivity index (χ4n) is 2.79. The molecule has 0 saturated heterocycles. The van der Waals surface area contributed by atoms with Crippen molar-refractivity contribution >= 4 is 45.7 Å². The number of nitriles is 1. The third-order valence-electron chi connectivity index (χ3n) is 4.03. The van der Waals surface area contributed by atoms with Gasteiger partial charge < -0.3 is 9.73 Å². The number of fused-ring (bicyclic) bond motifs is 1. The molecule has 2 aromatic rings. The number of hydrogen-bond acceptors (Lipinski definition) is 5. The number of thiocarbonyl (C=S) groups is 1. The van der Waals surface area contributed by atoms with Gasteiger partial charge in [0.2, 0.25) is 5.91 Å². The van der Waals surface area contributed by atoms with E-state index in [1.165, 1.54) is 17.2 Å². The molecule has 2 heterocycles. The summed E-state index contributed by atoms with van der Waals surface area (Å²) in [6.07, 6.45) is 7.44. The van der Waals surface area contributed by atoms with Crippen LogP contribution in [0.4, 0.5) is 5.00 Å². The highest BCUT2D eigenvalue weighted by Crippen LogP contribution is 2.39. The molecule has 2 aromatic heterocycles. The molecule has 0 fully saturated rings. The monoisotopic (exact) mass is 371 g/mol. The van der Waals surface area contributed by atoms with Crippen molar-refractivity contribution in [3.8, 4) is 6.07 Å². The molecule has 0 saturated carbocycles. The summed E-state index contributed by atoms with van der Waals surface area (Å²) in [7, 11) is 0. The number of carbonyl (C=O) groups is 1. The number of nitrogens with zero attached hydrogens (tertiary/aromatic N) is 1. The van der Waals surface area contributed by atoms with E-state index in [4.69, 9.17) is 16.6 Å². The molecule has 1 atom stereocenters. The lowest BCUT2D eigenvalue weighted by molar-refractivity contribution is -0.115. The van der Waals surface area contributed by atoms with Gasteiger partial charge in [-0.15, -0.1) is 11.3 Å². The summed E-state index contributed by atoms with van der Waals surface area (Å²) < 4.78 is 5.12. The minimum absolute atomic E-state index is 0.178. The smallest absolute Gasteiger partial charge is 0.250 e. The topological polar surface area (TPSA) is 78.1 Å². The van der Waals surface area contributed by atoms with Crippen molar-refractivity contribution in [3.05, 3.63) is 46.2 Å². The van der Waals surface area contributed by atoms with Gasteiger partial charge in [0.25, 0.3) is 0 Å². The molecule has 1 aliphatic carbocycles. The van der Waals surface area contributed by atoms with Crippen LogP contribution in [0.15, 0.2) is 28.9 Å². The maximum Gasteiger partial charge on any atom is 0.250 e. The first kappa shape index (κ1) is 17.4. The summed E-state index contributed by atoms with van der Waals surface area (Å²) in [5, 5.41) is 15.9. The normalized spacial score (nSPS) is 16.2. The van der Waals surface area contributed by atoms with Gasteiger partial charge in [0, 0.05) is 11.0 Å². The number of carbonyl (C=O) groups excluding carboxylic acids is 1. The van der Waals surface area contributed by atoms with E-state index >= 15 is 0 Å². The number of amides is 1. The number of hydrogen-bond donors (Lipinski definition) is 2. The van der Waals surface area contributed by atoms with Gasteiger partial charge in [-0.1, -0.05) is 6.92 Å². The molecule has 1 amide bonds. The molecule has 1 aliphatic rings. The van der Waals surface area contributed by atoms with Gasteiger partial charge >= 0.3 is 0 Å². The van der Waals surface area contributed by atoms with Crippen LogP contribution in [0.3, 0.4) is 0 Å². The Morgan fingerprint density at radius 1 is 1.56 bits per heavy atom. The fraction of sp³-hybridized carbons (Fsp3) is 0.278. The van der Waals surface area contributed by atoms with Gasteiger partial charge in [0.05, 0.1) is 11.8 Å². The van der Waals surface area contributed by atoms with Gasteiger partial charge in [0.15, 0.2) is 5.11 Å². The minimum Gasteiger partial charge on any atom is -0.465 e. The largest absolute Gasteiger partial charge is 0.465 e. The molecule has 0 aromatic carbocycles. The van der Waals surface area contributed by atoms with Crippen molar-refractivity contribution in [1.29, 1.82) is 5.26 Å². The van der Waals surface area contributed by atoms with Crippen LogP contribution in [-0.4, -0.2) is 11.0 Å². The standard InChI is InChI=1S/C18H17N3O2S2/c1-11-4-6-13-14(10-19)17(25-15(13)9-11)21-18(24)20-16(22)7-5-12-3-2-8-23-12/h2-3,5,7-8,11H,4,6,9H2,1H3,(H2,20,21,22,24)/b7-5+. The summed E-state index contributed by atoms with van der Waals surface area (Å²) in [6, 6.07) is 5.76. The van der Waals surface area contributed by atoms with Crippen molar-refractivity contribution in [2.24, 2.45) is 5.92 Å². The third kappa shape index (κ3) is 4.16. The Labute approximate surface area is 155 Å². The average Bonchev–Trinajstić information content (AvgIpc) is 3.19. The maximum atomic E-state index is 11.9. The highest BCUT2D eigenvalue weighted by atomic mass is 32.1. The van der Waals surface area contributed by atoms with Crippen LogP contribution in [0.5, 0.6) is 0 Å². The van der Waals surface area contributed by atoms with Gasteiger partial charge in [-0.2, -0.15) is 5.26 Å². The van der Waals surface area contributed by atoms with Crippen molar-refractivity contribution in [1.82, 2.24) is 5.32 Å². The second-order valence-electron chi connectivity index (χ2n) is 5.96. The molecule has 3 rings (SSSR count). The molecule has 128 valence electrons. The Hall–Kier alpha value is -2.43. The highest BCUT2D eigenvalue weighted by Gasteiger charge is 2.24. The van der Waals surface area contributed by atoms with Crippen LogP contribution in [0.2, 0.25) is 0 Å². The summed E-state index contributed by atoms with van der Waals surface area (Å²) >= 11 is 6.75. The molecule has 0 bridgehead atoms. The molecular weight excluding hydrogens is 354 g/mol. The minimum atomic E-state index is -0.359. The van der Waals surface area contributed by atoms with Crippen LogP contribution in [0, 0.1) is 17.2 Å². The van der Waals surface area contributed by atoms with Crippen LogP contribution in [-0.2, 0) is 17.6 Å². The first-order valence-corrected chi connectivity index (χ1v) is 9.17. The van der Waals surface area contributed by atoms with Gasteiger partial charge in [-0.05, 0) is 61.2 Å². The lowest BCUT2D eigenvalue weighted by Crippen LogP contribution is -2.32. The summed E-state index contributed by atoms with van der Waals surface area (Å²) in [4.78, 5) is 13.1. The number of furan rings is 1.